The van der Waals surface area contributed by atoms with Crippen molar-refractivity contribution >= 4 is 17.3 Å². The lowest BCUT2D eigenvalue weighted by atomic mass is 10.2. The molecule has 4 heteroatoms. The monoisotopic (exact) mass is 201 g/mol. The largest absolute Gasteiger partial charge is 0.394 e. The summed E-state index contributed by atoms with van der Waals surface area (Å²) in [5.41, 5.74) is 0.831. The average molecular weight is 202 g/mol. The van der Waals surface area contributed by atoms with E-state index in [9.17, 15) is 0 Å². The Morgan fingerprint density at radius 3 is 2.15 bits per heavy atom. The van der Waals surface area contributed by atoms with Crippen molar-refractivity contribution in [3.05, 3.63) is 29.3 Å². The number of hydrogen-bond acceptors (Lipinski definition) is 3. The van der Waals surface area contributed by atoms with Gasteiger partial charge in [-0.15, -0.1) is 0 Å². The van der Waals surface area contributed by atoms with Gasteiger partial charge in [0.2, 0.25) is 0 Å². The first kappa shape index (κ1) is 10.3. The fourth-order valence-electron chi connectivity index (χ4n) is 0.931. The highest BCUT2D eigenvalue weighted by Crippen LogP contribution is 2.13. The van der Waals surface area contributed by atoms with Gasteiger partial charge in [0.1, 0.15) is 0 Å². The van der Waals surface area contributed by atoms with Gasteiger partial charge in [-0.3, -0.25) is 0 Å². The Labute approximate surface area is 82.0 Å². The second-order valence-electron chi connectivity index (χ2n) is 2.71. The van der Waals surface area contributed by atoms with Crippen molar-refractivity contribution in [3.8, 4) is 0 Å². The molecular formula is C9H12ClNO2. The number of aliphatic hydroxyl groups excluding tert-OH is 2. The van der Waals surface area contributed by atoms with Crippen LogP contribution in [0.5, 0.6) is 0 Å². The molecule has 0 bridgehead atoms. The first-order chi connectivity index (χ1) is 6.26. The Morgan fingerprint density at radius 1 is 1.15 bits per heavy atom. The van der Waals surface area contributed by atoms with Crippen molar-refractivity contribution in [3.63, 3.8) is 0 Å². The summed E-state index contributed by atoms with van der Waals surface area (Å²) in [7, 11) is 0. The molecule has 0 aliphatic rings. The molecule has 1 aromatic carbocycles. The predicted octanol–water partition coefficient (Wildman–Crippen LogP) is 1.11. The Bertz CT molecular complexity index is 246. The zero-order valence-electron chi connectivity index (χ0n) is 7.07. The van der Waals surface area contributed by atoms with Gasteiger partial charge in [0.25, 0.3) is 0 Å². The van der Waals surface area contributed by atoms with Crippen LogP contribution in [0.25, 0.3) is 0 Å². The fourth-order valence-corrected chi connectivity index (χ4v) is 1.06. The molecule has 0 aliphatic carbocycles. The third-order valence-electron chi connectivity index (χ3n) is 1.66. The van der Waals surface area contributed by atoms with Gasteiger partial charge in [0.15, 0.2) is 0 Å². The van der Waals surface area contributed by atoms with Gasteiger partial charge in [-0.2, -0.15) is 0 Å². The molecule has 1 rings (SSSR count). The van der Waals surface area contributed by atoms with E-state index in [2.05, 4.69) is 5.32 Å². The first-order valence-electron chi connectivity index (χ1n) is 4.00. The number of rotatable bonds is 4. The van der Waals surface area contributed by atoms with Crippen LogP contribution in [0.3, 0.4) is 0 Å². The van der Waals surface area contributed by atoms with Crippen molar-refractivity contribution in [1.82, 2.24) is 0 Å². The standard InChI is InChI=1S/C9H12ClNO2/c10-7-1-3-8(4-2-7)11-9(5-12)6-13/h1-4,9,11-13H,5-6H2. The van der Waals surface area contributed by atoms with Gasteiger partial charge < -0.3 is 15.5 Å². The maximum absolute atomic E-state index is 8.79. The van der Waals surface area contributed by atoms with Crippen molar-refractivity contribution < 1.29 is 10.2 Å². The van der Waals surface area contributed by atoms with E-state index >= 15 is 0 Å². The highest BCUT2D eigenvalue weighted by molar-refractivity contribution is 6.30. The van der Waals surface area contributed by atoms with Crippen molar-refractivity contribution in [2.24, 2.45) is 0 Å². The predicted molar refractivity (Wildman–Crippen MR) is 53.0 cm³/mol. The van der Waals surface area contributed by atoms with E-state index in [0.717, 1.165) is 5.69 Å². The quantitative estimate of drug-likeness (QED) is 0.684. The van der Waals surface area contributed by atoms with E-state index in [1.165, 1.54) is 0 Å². The van der Waals surface area contributed by atoms with Crippen LogP contribution in [-0.4, -0.2) is 29.5 Å². The summed E-state index contributed by atoms with van der Waals surface area (Å²) in [6.07, 6.45) is 0. The highest BCUT2D eigenvalue weighted by Gasteiger charge is 2.03. The Balaban J connectivity index is 2.58. The van der Waals surface area contributed by atoms with E-state index in [4.69, 9.17) is 21.8 Å². The molecule has 0 saturated heterocycles. The molecule has 1 aromatic rings. The normalized spacial score (nSPS) is 10.5. The lowest BCUT2D eigenvalue weighted by molar-refractivity contribution is 0.204. The summed E-state index contributed by atoms with van der Waals surface area (Å²) in [6, 6.07) is 6.76. The molecule has 0 heterocycles. The van der Waals surface area contributed by atoms with Crippen LogP contribution in [0.15, 0.2) is 24.3 Å². The molecule has 3 nitrogen and oxygen atoms in total. The van der Waals surface area contributed by atoms with Gasteiger partial charge in [-0.05, 0) is 24.3 Å². The lowest BCUT2D eigenvalue weighted by Crippen LogP contribution is -2.27. The number of benzene rings is 1. The van der Waals surface area contributed by atoms with Crippen molar-refractivity contribution in [2.75, 3.05) is 18.5 Å². The van der Waals surface area contributed by atoms with Crippen LogP contribution in [-0.2, 0) is 0 Å². The molecule has 0 atom stereocenters. The minimum atomic E-state index is -0.318. The van der Waals surface area contributed by atoms with E-state index in [-0.39, 0.29) is 19.3 Å². The minimum absolute atomic E-state index is 0.0981. The Hall–Kier alpha value is -0.770. The first-order valence-corrected chi connectivity index (χ1v) is 4.38. The smallest absolute Gasteiger partial charge is 0.0723 e. The Kier molecular flexibility index (Phi) is 4.02. The summed E-state index contributed by atoms with van der Waals surface area (Å²) in [4.78, 5) is 0. The SMILES string of the molecule is OCC(CO)Nc1ccc(Cl)cc1. The number of hydrogen-bond donors (Lipinski definition) is 3. The highest BCUT2D eigenvalue weighted by atomic mass is 35.5. The average Bonchev–Trinajstić information content (AvgIpc) is 2.17. The maximum Gasteiger partial charge on any atom is 0.0723 e. The van der Waals surface area contributed by atoms with E-state index < -0.39 is 0 Å². The summed E-state index contributed by atoms with van der Waals surface area (Å²) in [6.45, 7) is -0.196. The van der Waals surface area contributed by atoms with Crippen LogP contribution in [0, 0.1) is 0 Å². The number of nitrogens with one attached hydrogen (secondary N) is 1. The zero-order valence-corrected chi connectivity index (χ0v) is 7.83. The molecule has 0 aliphatic heterocycles. The molecule has 0 radical (unpaired) electrons. The van der Waals surface area contributed by atoms with Gasteiger partial charge in [0.05, 0.1) is 19.3 Å². The van der Waals surface area contributed by atoms with Crippen LogP contribution in [0.1, 0.15) is 0 Å². The molecular weight excluding hydrogens is 190 g/mol. The third-order valence-corrected chi connectivity index (χ3v) is 1.91. The topological polar surface area (TPSA) is 52.5 Å². The molecule has 0 aromatic heterocycles. The fraction of sp³-hybridized carbons (Fsp3) is 0.333. The lowest BCUT2D eigenvalue weighted by Gasteiger charge is -2.14. The summed E-state index contributed by atoms with van der Waals surface area (Å²) < 4.78 is 0. The zero-order chi connectivity index (χ0) is 9.68. The molecule has 0 saturated carbocycles. The molecule has 3 N–H and O–H groups in total. The molecule has 72 valence electrons. The third kappa shape index (κ3) is 3.22. The summed E-state index contributed by atoms with van der Waals surface area (Å²) in [5.74, 6) is 0. The van der Waals surface area contributed by atoms with E-state index in [1.807, 2.05) is 0 Å². The second kappa shape index (κ2) is 5.07. The Morgan fingerprint density at radius 2 is 1.69 bits per heavy atom. The number of halogens is 1. The minimum Gasteiger partial charge on any atom is -0.394 e. The maximum atomic E-state index is 8.79. The van der Waals surface area contributed by atoms with Crippen LogP contribution < -0.4 is 5.32 Å². The number of aliphatic hydroxyl groups is 2. The van der Waals surface area contributed by atoms with Crippen LogP contribution in [0.4, 0.5) is 5.69 Å². The number of anilines is 1. The molecule has 0 unspecified atom stereocenters. The van der Waals surface area contributed by atoms with Gasteiger partial charge in [0, 0.05) is 10.7 Å². The van der Waals surface area contributed by atoms with Gasteiger partial charge >= 0.3 is 0 Å². The molecule has 0 spiro atoms. The molecule has 13 heavy (non-hydrogen) atoms. The van der Waals surface area contributed by atoms with Crippen molar-refractivity contribution in [1.29, 1.82) is 0 Å². The van der Waals surface area contributed by atoms with Crippen molar-refractivity contribution in [2.45, 2.75) is 6.04 Å². The molecule has 0 fully saturated rings. The van der Waals surface area contributed by atoms with E-state index in [0.29, 0.717) is 5.02 Å². The summed E-state index contributed by atoms with van der Waals surface area (Å²) in [5, 5.41) is 21.2. The second-order valence-corrected chi connectivity index (χ2v) is 3.15. The van der Waals surface area contributed by atoms with Gasteiger partial charge in [-0.25, -0.2) is 0 Å². The van der Waals surface area contributed by atoms with E-state index in [1.54, 1.807) is 24.3 Å². The summed E-state index contributed by atoms with van der Waals surface area (Å²) >= 11 is 5.69. The van der Waals surface area contributed by atoms with Crippen LogP contribution in [0.2, 0.25) is 5.02 Å². The van der Waals surface area contributed by atoms with Crippen LogP contribution >= 0.6 is 11.6 Å². The van der Waals surface area contributed by atoms with Gasteiger partial charge in [-0.1, -0.05) is 11.6 Å². The molecule has 0 amide bonds.